The van der Waals surface area contributed by atoms with Crippen molar-refractivity contribution in [1.82, 2.24) is 0 Å². The van der Waals surface area contributed by atoms with Crippen LogP contribution in [0.25, 0.3) is 0 Å². The Morgan fingerprint density at radius 1 is 1.35 bits per heavy atom. The summed E-state index contributed by atoms with van der Waals surface area (Å²) in [7, 11) is -3.10. The van der Waals surface area contributed by atoms with Crippen molar-refractivity contribution < 1.29 is 12.8 Å². The lowest BCUT2D eigenvalue weighted by Gasteiger charge is -2.16. The molecule has 0 radical (unpaired) electrons. The van der Waals surface area contributed by atoms with E-state index in [-0.39, 0.29) is 21.8 Å². The van der Waals surface area contributed by atoms with Gasteiger partial charge in [-0.25, -0.2) is 12.8 Å². The molecule has 3 nitrogen and oxygen atoms in total. The smallest absolute Gasteiger partial charge is 0.149 e. The van der Waals surface area contributed by atoms with E-state index in [2.05, 4.69) is 5.32 Å². The zero-order chi connectivity index (χ0) is 13.2. The third-order valence-electron chi connectivity index (χ3n) is 1.95. The molecule has 1 rings (SSSR count). The highest BCUT2D eigenvalue weighted by atomic mass is 35.5. The Morgan fingerprint density at radius 3 is 2.24 bits per heavy atom. The summed E-state index contributed by atoms with van der Waals surface area (Å²) in [6.45, 7) is 1.68. The van der Waals surface area contributed by atoms with Crippen molar-refractivity contribution in [2.45, 2.75) is 13.0 Å². The van der Waals surface area contributed by atoms with Gasteiger partial charge >= 0.3 is 0 Å². The van der Waals surface area contributed by atoms with Crippen LogP contribution < -0.4 is 5.32 Å². The molecule has 1 aromatic rings. The summed E-state index contributed by atoms with van der Waals surface area (Å²) in [5.41, 5.74) is 0.339. The van der Waals surface area contributed by atoms with E-state index in [1.54, 1.807) is 6.92 Å². The molecule has 7 heteroatoms. The summed E-state index contributed by atoms with van der Waals surface area (Å²) >= 11 is 11.6. The number of benzene rings is 1. The zero-order valence-electron chi connectivity index (χ0n) is 9.30. The monoisotopic (exact) mass is 299 g/mol. The Hall–Kier alpha value is -0.520. The molecule has 1 N–H and O–H groups in total. The van der Waals surface area contributed by atoms with E-state index >= 15 is 0 Å². The van der Waals surface area contributed by atoms with Gasteiger partial charge in [0.25, 0.3) is 0 Å². The molecule has 17 heavy (non-hydrogen) atoms. The molecule has 1 aromatic carbocycles. The number of hydrogen-bond donors (Lipinski definition) is 1. The molecule has 1 unspecified atom stereocenters. The van der Waals surface area contributed by atoms with Crippen LogP contribution in [0, 0.1) is 5.82 Å². The van der Waals surface area contributed by atoms with Gasteiger partial charge < -0.3 is 5.32 Å². The molecule has 0 aliphatic carbocycles. The van der Waals surface area contributed by atoms with Gasteiger partial charge in [-0.3, -0.25) is 0 Å². The Bertz CT molecular complexity index is 496. The van der Waals surface area contributed by atoms with Gasteiger partial charge in [-0.05, 0) is 19.1 Å². The summed E-state index contributed by atoms with van der Waals surface area (Å²) in [6.07, 6.45) is 1.14. The first kappa shape index (κ1) is 14.5. The van der Waals surface area contributed by atoms with E-state index in [1.807, 2.05) is 0 Å². The molecule has 0 spiro atoms. The Balaban J connectivity index is 2.89. The number of rotatable bonds is 4. The van der Waals surface area contributed by atoms with E-state index in [4.69, 9.17) is 23.2 Å². The Labute approximate surface area is 110 Å². The number of halogens is 3. The molecule has 0 aromatic heterocycles. The minimum Gasteiger partial charge on any atom is -0.379 e. The molecule has 96 valence electrons. The highest BCUT2D eigenvalue weighted by Crippen LogP contribution is 2.31. The number of nitrogens with one attached hydrogen (secondary N) is 1. The largest absolute Gasteiger partial charge is 0.379 e. The lowest BCUT2D eigenvalue weighted by Crippen LogP contribution is -2.25. The van der Waals surface area contributed by atoms with Crippen LogP contribution in [0.3, 0.4) is 0 Å². The third kappa shape index (κ3) is 4.69. The quantitative estimate of drug-likeness (QED) is 0.930. The summed E-state index contributed by atoms with van der Waals surface area (Å²) < 4.78 is 35.1. The van der Waals surface area contributed by atoms with Crippen LogP contribution in [-0.4, -0.2) is 26.5 Å². The van der Waals surface area contributed by atoms with Gasteiger partial charge in [0, 0.05) is 12.3 Å². The molecular weight excluding hydrogens is 288 g/mol. The van der Waals surface area contributed by atoms with E-state index in [9.17, 15) is 12.8 Å². The van der Waals surface area contributed by atoms with Crippen molar-refractivity contribution in [3.63, 3.8) is 0 Å². The van der Waals surface area contributed by atoms with Crippen molar-refractivity contribution in [2.75, 3.05) is 17.3 Å². The molecule has 1 atom stereocenters. The normalized spacial score (nSPS) is 13.5. The minimum absolute atomic E-state index is 0.0585. The van der Waals surface area contributed by atoms with Crippen LogP contribution in [0.4, 0.5) is 10.1 Å². The van der Waals surface area contributed by atoms with Gasteiger partial charge in [-0.15, -0.1) is 0 Å². The van der Waals surface area contributed by atoms with Crippen LogP contribution in [-0.2, 0) is 9.84 Å². The van der Waals surface area contributed by atoms with E-state index in [0.717, 1.165) is 18.4 Å². The molecule has 0 aliphatic heterocycles. The summed E-state index contributed by atoms with van der Waals surface area (Å²) in [5.74, 6) is -0.599. The SMILES string of the molecule is CC(CS(C)(=O)=O)Nc1c(Cl)cc(F)cc1Cl. The predicted octanol–water partition coefficient (Wildman–Crippen LogP) is 2.98. The second-order valence-corrected chi connectivity index (χ2v) is 6.88. The van der Waals surface area contributed by atoms with Crippen molar-refractivity contribution in [3.8, 4) is 0 Å². The number of sulfone groups is 1. The van der Waals surface area contributed by atoms with Crippen LogP contribution in [0.2, 0.25) is 10.0 Å². The molecule has 0 bridgehead atoms. The van der Waals surface area contributed by atoms with E-state index in [0.29, 0.717) is 5.69 Å². The topological polar surface area (TPSA) is 46.2 Å². The predicted molar refractivity (Wildman–Crippen MR) is 69.2 cm³/mol. The van der Waals surface area contributed by atoms with Gasteiger partial charge in [0.1, 0.15) is 15.7 Å². The Morgan fingerprint density at radius 2 is 1.82 bits per heavy atom. The van der Waals surface area contributed by atoms with Gasteiger partial charge in [0.05, 0.1) is 21.5 Å². The first-order valence-electron chi connectivity index (χ1n) is 4.78. The Kier molecular flexibility index (Phi) is 4.63. The summed E-state index contributed by atoms with van der Waals surface area (Å²) in [4.78, 5) is 0. The lowest BCUT2D eigenvalue weighted by molar-refractivity contribution is 0.598. The molecule has 0 heterocycles. The average molecular weight is 300 g/mol. The van der Waals surface area contributed by atoms with E-state index in [1.165, 1.54) is 0 Å². The van der Waals surface area contributed by atoms with Crippen LogP contribution in [0.5, 0.6) is 0 Å². The zero-order valence-corrected chi connectivity index (χ0v) is 11.6. The lowest BCUT2D eigenvalue weighted by atomic mass is 10.2. The molecular formula is C10H12Cl2FNO2S. The molecule has 0 aliphatic rings. The van der Waals surface area contributed by atoms with Crippen LogP contribution >= 0.6 is 23.2 Å². The van der Waals surface area contributed by atoms with Crippen molar-refractivity contribution in [2.24, 2.45) is 0 Å². The first-order valence-corrected chi connectivity index (χ1v) is 7.59. The van der Waals surface area contributed by atoms with Gasteiger partial charge in [0.15, 0.2) is 0 Å². The van der Waals surface area contributed by atoms with Crippen molar-refractivity contribution >= 4 is 38.7 Å². The molecule has 0 amide bonds. The maximum absolute atomic E-state index is 12.9. The van der Waals surface area contributed by atoms with Crippen molar-refractivity contribution in [1.29, 1.82) is 0 Å². The fourth-order valence-electron chi connectivity index (χ4n) is 1.42. The fraction of sp³-hybridized carbons (Fsp3) is 0.400. The first-order chi connectivity index (χ1) is 7.69. The van der Waals surface area contributed by atoms with Crippen LogP contribution in [0.15, 0.2) is 12.1 Å². The van der Waals surface area contributed by atoms with E-state index < -0.39 is 15.7 Å². The second kappa shape index (κ2) is 5.42. The second-order valence-electron chi connectivity index (χ2n) is 3.88. The highest BCUT2D eigenvalue weighted by Gasteiger charge is 2.14. The van der Waals surface area contributed by atoms with Gasteiger partial charge in [-0.1, -0.05) is 23.2 Å². The third-order valence-corrected chi connectivity index (χ3v) is 3.65. The summed E-state index contributed by atoms with van der Waals surface area (Å²) in [5, 5.41) is 3.09. The highest BCUT2D eigenvalue weighted by molar-refractivity contribution is 7.90. The summed E-state index contributed by atoms with van der Waals surface area (Å²) in [6, 6.07) is 1.86. The minimum atomic E-state index is -3.10. The standard InChI is InChI=1S/C10H12Cl2FNO2S/c1-6(5-17(2,15)16)14-10-8(11)3-7(13)4-9(10)12/h3-4,6,14H,5H2,1-2H3. The van der Waals surface area contributed by atoms with Gasteiger partial charge in [-0.2, -0.15) is 0 Å². The van der Waals surface area contributed by atoms with Crippen molar-refractivity contribution in [3.05, 3.63) is 28.0 Å². The maximum Gasteiger partial charge on any atom is 0.149 e. The average Bonchev–Trinajstić information content (AvgIpc) is 2.08. The number of hydrogen-bond acceptors (Lipinski definition) is 3. The maximum atomic E-state index is 12.9. The molecule has 0 saturated carbocycles. The fourth-order valence-corrected chi connectivity index (χ4v) is 2.98. The number of anilines is 1. The molecule has 0 fully saturated rings. The van der Waals surface area contributed by atoms with Crippen LogP contribution in [0.1, 0.15) is 6.92 Å². The molecule has 0 saturated heterocycles. The van der Waals surface area contributed by atoms with Gasteiger partial charge in [0.2, 0.25) is 0 Å².